The van der Waals surface area contributed by atoms with Gasteiger partial charge in [-0.1, -0.05) is 6.07 Å². The monoisotopic (exact) mass is 472 g/mol. The predicted octanol–water partition coefficient (Wildman–Crippen LogP) is 2.87. The van der Waals surface area contributed by atoms with Gasteiger partial charge in [-0.05, 0) is 59.6 Å². The van der Waals surface area contributed by atoms with Crippen molar-refractivity contribution < 1.29 is 14.0 Å². The Morgan fingerprint density at radius 2 is 2.00 bits per heavy atom. The molecule has 2 aromatic rings. The maximum atomic E-state index is 12.9. The number of hydrogen-bond donors (Lipinski definition) is 3. The number of carbonyl (C=O) groups excluding carboxylic acids is 2. The molecule has 0 spiro atoms. The van der Waals surface area contributed by atoms with Crippen LogP contribution < -0.4 is 16.4 Å². The zero-order chi connectivity index (χ0) is 25.3. The van der Waals surface area contributed by atoms with Crippen molar-refractivity contribution in [1.29, 1.82) is 0 Å². The van der Waals surface area contributed by atoms with E-state index < -0.39 is 12.1 Å². The standard InChI is InChI=1S/C23H33FN8O2/c1-15(2)28-22(34)23(4,5)18-19(25)29-20(30-21(18)27-14-33)17-10-6-8-12-26-16(3)32(31-17)13-9-7-11-24/h6,8,10,12,14-15H,7,9,11,13H2,1-5H3,(H,28,34)(H3,25,27,29,30,33). The van der Waals surface area contributed by atoms with Crippen molar-refractivity contribution in [1.82, 2.24) is 30.0 Å². The number of nitrogen functional groups attached to an aromatic ring is 1. The maximum absolute atomic E-state index is 12.9. The first-order valence-electron chi connectivity index (χ1n) is 11.1. The molecule has 2 rings (SSSR count). The van der Waals surface area contributed by atoms with Crippen molar-refractivity contribution in [2.24, 2.45) is 0 Å². The van der Waals surface area contributed by atoms with Crippen LogP contribution in [0.1, 0.15) is 51.9 Å². The fourth-order valence-electron chi connectivity index (χ4n) is 3.26. The van der Waals surface area contributed by atoms with Crippen molar-refractivity contribution in [3.05, 3.63) is 35.8 Å². The Balaban J connectivity index is 2.69. The minimum Gasteiger partial charge on any atom is -0.383 e. The molecule has 0 atom stereocenters. The number of amides is 2. The van der Waals surface area contributed by atoms with Crippen LogP contribution in [0.5, 0.6) is 0 Å². The van der Waals surface area contributed by atoms with Gasteiger partial charge in [-0.3, -0.25) is 18.7 Å². The summed E-state index contributed by atoms with van der Waals surface area (Å²) in [7, 11) is 0. The summed E-state index contributed by atoms with van der Waals surface area (Å²) in [5, 5.41) is 10.0. The predicted molar refractivity (Wildman–Crippen MR) is 129 cm³/mol. The highest BCUT2D eigenvalue weighted by molar-refractivity contribution is 5.92. The van der Waals surface area contributed by atoms with Crippen LogP contribution in [0.2, 0.25) is 0 Å². The lowest BCUT2D eigenvalue weighted by molar-refractivity contribution is -0.126. The lowest BCUT2D eigenvalue weighted by Crippen LogP contribution is -2.44. The van der Waals surface area contributed by atoms with Gasteiger partial charge < -0.3 is 16.4 Å². The summed E-state index contributed by atoms with van der Waals surface area (Å²) >= 11 is 0. The number of halogens is 1. The largest absolute Gasteiger partial charge is 0.383 e. The highest BCUT2D eigenvalue weighted by atomic mass is 19.1. The molecule has 0 aliphatic heterocycles. The topological polar surface area (TPSA) is 141 Å². The Labute approximate surface area is 198 Å². The molecule has 2 aromatic heterocycles. The minimum absolute atomic E-state index is 0.0409. The summed E-state index contributed by atoms with van der Waals surface area (Å²) in [5.74, 6) is 0.635. The third kappa shape index (κ3) is 6.69. The van der Waals surface area contributed by atoms with E-state index in [2.05, 4.69) is 30.7 Å². The number of rotatable bonds is 10. The number of anilines is 2. The van der Waals surface area contributed by atoms with Crippen LogP contribution in [-0.2, 0) is 21.5 Å². The quantitative estimate of drug-likeness (QED) is 0.357. The zero-order valence-corrected chi connectivity index (χ0v) is 20.3. The lowest BCUT2D eigenvalue weighted by Gasteiger charge is -2.28. The van der Waals surface area contributed by atoms with Crippen LogP contribution in [-0.4, -0.2) is 49.8 Å². The molecule has 184 valence electrons. The van der Waals surface area contributed by atoms with Crippen LogP contribution in [0.3, 0.4) is 0 Å². The van der Waals surface area contributed by atoms with E-state index >= 15 is 0 Å². The second-order valence-electron chi connectivity index (χ2n) is 8.55. The Kier molecular flexibility index (Phi) is 9.40. The van der Waals surface area contributed by atoms with Gasteiger partial charge in [0.25, 0.3) is 0 Å². The number of unbranched alkanes of at least 4 members (excludes halogenated alkanes) is 1. The van der Waals surface area contributed by atoms with Gasteiger partial charge >= 0.3 is 0 Å². The summed E-state index contributed by atoms with van der Waals surface area (Å²) in [5.41, 5.74) is 5.85. The van der Waals surface area contributed by atoms with E-state index in [1.807, 2.05) is 13.8 Å². The second kappa shape index (κ2) is 12.0. The molecular formula is C23H33FN8O2. The van der Waals surface area contributed by atoms with E-state index in [-0.39, 0.29) is 29.4 Å². The molecule has 11 heteroatoms. The number of hydrogen-bond acceptors (Lipinski definition) is 7. The normalized spacial score (nSPS) is 11.1. The number of alkyl halides is 1. The SMILES string of the molecule is Cc1nccccc(-c2nc(N)c(C(C)(C)C(=O)NC(C)C)c(NC=O)n2)nn1CCCCF. The van der Waals surface area contributed by atoms with Gasteiger partial charge in [0.05, 0.1) is 17.7 Å². The van der Waals surface area contributed by atoms with Crippen LogP contribution in [0.4, 0.5) is 16.0 Å². The summed E-state index contributed by atoms with van der Waals surface area (Å²) in [6.07, 6.45) is 3.07. The van der Waals surface area contributed by atoms with Crippen LogP contribution in [0.25, 0.3) is 11.5 Å². The van der Waals surface area contributed by atoms with E-state index in [4.69, 9.17) is 5.73 Å². The Bertz CT molecular complexity index is 1070. The van der Waals surface area contributed by atoms with Crippen molar-refractivity contribution in [2.45, 2.75) is 65.5 Å². The Morgan fingerprint density at radius 1 is 1.26 bits per heavy atom. The lowest BCUT2D eigenvalue weighted by atomic mass is 9.83. The molecule has 0 saturated heterocycles. The van der Waals surface area contributed by atoms with Crippen molar-refractivity contribution in [3.63, 3.8) is 0 Å². The molecule has 0 bridgehead atoms. The van der Waals surface area contributed by atoms with Gasteiger partial charge in [0.15, 0.2) is 5.82 Å². The molecular weight excluding hydrogens is 439 g/mol. The van der Waals surface area contributed by atoms with Gasteiger partial charge in [-0.25, -0.2) is 15.0 Å². The average Bonchev–Trinajstić information content (AvgIpc) is 2.84. The van der Waals surface area contributed by atoms with Crippen molar-refractivity contribution >= 4 is 24.0 Å². The fourth-order valence-corrected chi connectivity index (χ4v) is 3.26. The van der Waals surface area contributed by atoms with Crippen LogP contribution >= 0.6 is 0 Å². The number of nitrogens with two attached hydrogens (primary N) is 1. The number of aryl methyl sites for hydroxylation is 2. The third-order valence-corrected chi connectivity index (χ3v) is 5.04. The molecule has 0 aliphatic carbocycles. The van der Waals surface area contributed by atoms with Gasteiger partial charge in [-0.15, -0.1) is 0 Å². The number of carbonyl (C=O) groups is 2. The molecule has 0 aromatic carbocycles. The first-order valence-corrected chi connectivity index (χ1v) is 11.1. The molecule has 2 amide bonds. The first-order chi connectivity index (χ1) is 16.1. The van der Waals surface area contributed by atoms with E-state index in [0.717, 1.165) is 0 Å². The van der Waals surface area contributed by atoms with Crippen molar-refractivity contribution in [3.8, 4) is 11.5 Å². The molecule has 0 radical (unpaired) electrons. The van der Waals surface area contributed by atoms with E-state index in [9.17, 15) is 14.0 Å². The van der Waals surface area contributed by atoms with Gasteiger partial charge in [0.1, 0.15) is 23.2 Å². The highest BCUT2D eigenvalue weighted by Crippen LogP contribution is 2.34. The first kappa shape index (κ1) is 26.6. The van der Waals surface area contributed by atoms with Gasteiger partial charge in [0.2, 0.25) is 12.3 Å². The van der Waals surface area contributed by atoms with E-state index in [0.29, 0.717) is 42.9 Å². The second-order valence-corrected chi connectivity index (χ2v) is 8.55. The minimum atomic E-state index is -1.13. The molecule has 0 aliphatic rings. The summed E-state index contributed by atoms with van der Waals surface area (Å²) < 4.78 is 14.3. The molecule has 2 heterocycles. The summed E-state index contributed by atoms with van der Waals surface area (Å²) in [6, 6.07) is 5.05. The molecule has 0 unspecified atom stereocenters. The van der Waals surface area contributed by atoms with Gasteiger partial charge in [0, 0.05) is 18.8 Å². The number of nitrogens with one attached hydrogen (secondary N) is 2. The molecule has 4 N–H and O–H groups in total. The van der Waals surface area contributed by atoms with Crippen molar-refractivity contribution in [2.75, 3.05) is 17.7 Å². The maximum Gasteiger partial charge on any atom is 0.230 e. The molecule has 0 fully saturated rings. The Morgan fingerprint density at radius 3 is 2.65 bits per heavy atom. The smallest absolute Gasteiger partial charge is 0.230 e. The highest BCUT2D eigenvalue weighted by Gasteiger charge is 2.36. The third-order valence-electron chi connectivity index (χ3n) is 5.04. The summed E-state index contributed by atoms with van der Waals surface area (Å²) in [6.45, 7) is 8.89. The van der Waals surface area contributed by atoms with E-state index in [1.165, 1.54) is 0 Å². The average molecular weight is 473 g/mol. The summed E-state index contributed by atoms with van der Waals surface area (Å²) in [4.78, 5) is 37.5. The molecule has 10 nitrogen and oxygen atoms in total. The number of nitrogens with zero attached hydrogens (tertiary/aromatic N) is 5. The van der Waals surface area contributed by atoms with Gasteiger partial charge in [-0.2, -0.15) is 5.10 Å². The zero-order valence-electron chi connectivity index (χ0n) is 20.3. The van der Waals surface area contributed by atoms with E-state index in [1.54, 1.807) is 49.8 Å². The molecule has 0 saturated carbocycles. The van der Waals surface area contributed by atoms with Crippen LogP contribution in [0.15, 0.2) is 24.4 Å². The Hall–Kier alpha value is -3.63. The molecule has 34 heavy (non-hydrogen) atoms. The fraction of sp³-hybridized carbons (Fsp3) is 0.478. The number of aromatic nitrogens is 5. The van der Waals surface area contributed by atoms with Crippen LogP contribution in [0, 0.1) is 6.92 Å².